The van der Waals surface area contributed by atoms with Crippen LogP contribution >= 0.6 is 0 Å². The highest BCUT2D eigenvalue weighted by molar-refractivity contribution is 5.05. The van der Waals surface area contributed by atoms with E-state index in [1.165, 1.54) is 0 Å². The minimum absolute atomic E-state index is 0.243. The van der Waals surface area contributed by atoms with E-state index in [0.29, 0.717) is 19.0 Å². The highest BCUT2D eigenvalue weighted by Gasteiger charge is 2.32. The molecule has 3 heterocycles. The van der Waals surface area contributed by atoms with Gasteiger partial charge in [-0.1, -0.05) is 0 Å². The van der Waals surface area contributed by atoms with E-state index in [2.05, 4.69) is 27.3 Å². The Morgan fingerprint density at radius 1 is 1.42 bits per heavy atom. The smallest absolute Gasteiger partial charge is 0.114 e. The number of rotatable bonds is 8. The molecule has 2 aromatic heterocycles. The molecule has 7 heteroatoms. The summed E-state index contributed by atoms with van der Waals surface area (Å²) in [4.78, 5) is 2.23. The van der Waals surface area contributed by atoms with Crippen LogP contribution in [0.1, 0.15) is 25.3 Å². The Labute approximate surface area is 142 Å². The van der Waals surface area contributed by atoms with E-state index < -0.39 is 6.17 Å². The van der Waals surface area contributed by atoms with Crippen molar-refractivity contribution in [1.29, 1.82) is 0 Å². The molecule has 0 aromatic carbocycles. The lowest BCUT2D eigenvalue weighted by atomic mass is 10.1. The second-order valence-corrected chi connectivity index (χ2v) is 6.81. The van der Waals surface area contributed by atoms with Crippen molar-refractivity contribution in [3.05, 3.63) is 36.4 Å². The van der Waals surface area contributed by atoms with Gasteiger partial charge in [-0.3, -0.25) is 14.3 Å². The van der Waals surface area contributed by atoms with E-state index in [4.69, 9.17) is 0 Å². The van der Waals surface area contributed by atoms with Crippen LogP contribution < -0.4 is 5.32 Å². The van der Waals surface area contributed by atoms with Gasteiger partial charge in [0.15, 0.2) is 0 Å². The van der Waals surface area contributed by atoms with Crippen molar-refractivity contribution in [3.63, 3.8) is 0 Å². The van der Waals surface area contributed by atoms with Gasteiger partial charge in [0, 0.05) is 69.5 Å². The number of nitrogens with one attached hydrogen (secondary N) is 1. The van der Waals surface area contributed by atoms with Crippen molar-refractivity contribution in [2.24, 2.45) is 7.05 Å². The van der Waals surface area contributed by atoms with Crippen molar-refractivity contribution in [3.8, 4) is 0 Å². The Bertz CT molecular complexity index is 610. The summed E-state index contributed by atoms with van der Waals surface area (Å²) in [7, 11) is 1.91. The van der Waals surface area contributed by atoms with Crippen molar-refractivity contribution >= 4 is 0 Å². The Balaban J connectivity index is 1.45. The predicted molar refractivity (Wildman–Crippen MR) is 91.2 cm³/mol. The minimum Gasteiger partial charge on any atom is -0.313 e. The average Bonchev–Trinajstić information content (AvgIpc) is 3.26. The zero-order valence-electron chi connectivity index (χ0n) is 14.5. The van der Waals surface area contributed by atoms with E-state index in [0.717, 1.165) is 31.6 Å². The summed E-state index contributed by atoms with van der Waals surface area (Å²) < 4.78 is 17.6. The zero-order valence-corrected chi connectivity index (χ0v) is 14.5. The van der Waals surface area contributed by atoms with Gasteiger partial charge < -0.3 is 5.32 Å². The van der Waals surface area contributed by atoms with Crippen LogP contribution in [0.4, 0.5) is 4.39 Å². The number of halogens is 1. The molecule has 2 aromatic rings. The fourth-order valence-corrected chi connectivity index (χ4v) is 3.31. The summed E-state index contributed by atoms with van der Waals surface area (Å²) >= 11 is 0. The fraction of sp³-hybridized carbons (Fsp3) is 0.647. The standard InChI is InChI=1S/C17H27FN6/c1-14(4-7-24-6-3-5-20-24)19-10-17-8-16(18)13-23(17)12-15-9-21-22(2)11-15/h3,5-6,9,11,14,16-17,19H,4,7-8,10,12-13H2,1-2H3/t14-,16+,17+/m1/s1. The second kappa shape index (κ2) is 7.90. The third kappa shape index (κ3) is 4.64. The number of aryl methyl sites for hydroxylation is 2. The van der Waals surface area contributed by atoms with Crippen molar-refractivity contribution < 1.29 is 4.39 Å². The Hall–Kier alpha value is -1.73. The van der Waals surface area contributed by atoms with Crippen LogP contribution in [-0.4, -0.2) is 55.8 Å². The molecule has 24 heavy (non-hydrogen) atoms. The lowest BCUT2D eigenvalue weighted by Crippen LogP contribution is -2.40. The molecular formula is C17H27FN6. The molecule has 3 rings (SSSR count). The SMILES string of the molecule is C[C@H](CCn1cccn1)NC[C@@H]1C[C@H](F)CN1Cc1cnn(C)c1. The minimum atomic E-state index is -0.729. The summed E-state index contributed by atoms with van der Waals surface area (Å²) in [5.74, 6) is 0. The summed E-state index contributed by atoms with van der Waals surface area (Å²) in [6.07, 6.45) is 8.54. The van der Waals surface area contributed by atoms with Gasteiger partial charge in [0.2, 0.25) is 0 Å². The highest BCUT2D eigenvalue weighted by atomic mass is 19.1. The zero-order chi connectivity index (χ0) is 16.9. The van der Waals surface area contributed by atoms with Crippen molar-refractivity contribution in [2.75, 3.05) is 13.1 Å². The van der Waals surface area contributed by atoms with Gasteiger partial charge in [-0.2, -0.15) is 10.2 Å². The Morgan fingerprint density at radius 3 is 3.00 bits per heavy atom. The van der Waals surface area contributed by atoms with Gasteiger partial charge in [-0.25, -0.2) is 4.39 Å². The molecule has 0 aliphatic carbocycles. The molecule has 132 valence electrons. The third-order valence-electron chi connectivity index (χ3n) is 4.67. The van der Waals surface area contributed by atoms with Crippen LogP contribution in [0.25, 0.3) is 0 Å². The van der Waals surface area contributed by atoms with Crippen molar-refractivity contribution in [2.45, 2.75) is 51.1 Å². The normalized spacial score (nSPS) is 23.0. The van der Waals surface area contributed by atoms with E-state index >= 15 is 0 Å². The highest BCUT2D eigenvalue weighted by Crippen LogP contribution is 2.22. The number of nitrogens with zero attached hydrogens (tertiary/aromatic N) is 5. The van der Waals surface area contributed by atoms with Gasteiger partial charge >= 0.3 is 0 Å². The predicted octanol–water partition coefficient (Wildman–Crippen LogP) is 1.60. The van der Waals surface area contributed by atoms with Crippen LogP contribution in [0, 0.1) is 0 Å². The third-order valence-corrected chi connectivity index (χ3v) is 4.67. The number of aromatic nitrogens is 4. The molecule has 0 spiro atoms. The summed E-state index contributed by atoms with van der Waals surface area (Å²) in [6.45, 7) is 5.18. The van der Waals surface area contributed by atoms with E-state index in [1.807, 2.05) is 36.4 Å². The van der Waals surface area contributed by atoms with E-state index in [1.54, 1.807) is 10.9 Å². The maximum absolute atomic E-state index is 13.9. The molecule has 0 radical (unpaired) electrons. The lowest BCUT2D eigenvalue weighted by Gasteiger charge is -2.25. The van der Waals surface area contributed by atoms with Crippen LogP contribution in [0.15, 0.2) is 30.9 Å². The summed E-state index contributed by atoms with van der Waals surface area (Å²) in [5, 5.41) is 12.0. The monoisotopic (exact) mass is 334 g/mol. The van der Waals surface area contributed by atoms with Gasteiger partial charge in [-0.15, -0.1) is 0 Å². The molecule has 0 saturated carbocycles. The quantitative estimate of drug-likeness (QED) is 0.797. The average molecular weight is 334 g/mol. The Morgan fingerprint density at radius 2 is 2.29 bits per heavy atom. The van der Waals surface area contributed by atoms with Crippen molar-refractivity contribution in [1.82, 2.24) is 29.8 Å². The van der Waals surface area contributed by atoms with Crippen LogP contribution in [0.3, 0.4) is 0 Å². The number of hydrogen-bond donors (Lipinski definition) is 1. The summed E-state index contributed by atoms with van der Waals surface area (Å²) in [5.41, 5.74) is 1.14. The largest absolute Gasteiger partial charge is 0.313 e. The Kier molecular flexibility index (Phi) is 5.63. The van der Waals surface area contributed by atoms with Gasteiger partial charge in [0.05, 0.1) is 6.20 Å². The van der Waals surface area contributed by atoms with Gasteiger partial charge in [0.25, 0.3) is 0 Å². The molecular weight excluding hydrogens is 307 g/mol. The maximum Gasteiger partial charge on any atom is 0.114 e. The van der Waals surface area contributed by atoms with Crippen LogP contribution in [0.5, 0.6) is 0 Å². The lowest BCUT2D eigenvalue weighted by molar-refractivity contribution is 0.225. The van der Waals surface area contributed by atoms with Crippen LogP contribution in [0.2, 0.25) is 0 Å². The van der Waals surface area contributed by atoms with E-state index in [-0.39, 0.29) is 6.04 Å². The van der Waals surface area contributed by atoms with Gasteiger partial charge in [0.1, 0.15) is 6.17 Å². The van der Waals surface area contributed by atoms with E-state index in [9.17, 15) is 4.39 Å². The molecule has 1 aliphatic heterocycles. The summed E-state index contributed by atoms with van der Waals surface area (Å²) in [6, 6.07) is 2.56. The molecule has 1 N–H and O–H groups in total. The first-order chi connectivity index (χ1) is 11.6. The molecule has 1 fully saturated rings. The molecule has 0 bridgehead atoms. The molecule has 6 nitrogen and oxygen atoms in total. The number of likely N-dealkylation sites (tertiary alicyclic amines) is 1. The van der Waals surface area contributed by atoms with Crippen LogP contribution in [-0.2, 0) is 20.1 Å². The second-order valence-electron chi connectivity index (χ2n) is 6.81. The first-order valence-electron chi connectivity index (χ1n) is 8.66. The van der Waals surface area contributed by atoms with Gasteiger partial charge in [-0.05, 0) is 25.8 Å². The fourth-order valence-electron chi connectivity index (χ4n) is 3.31. The topological polar surface area (TPSA) is 50.9 Å². The molecule has 1 aliphatic rings. The first kappa shape index (κ1) is 17.1. The number of hydrogen-bond acceptors (Lipinski definition) is 4. The first-order valence-corrected chi connectivity index (χ1v) is 8.66. The molecule has 0 unspecified atom stereocenters. The molecule has 0 amide bonds. The maximum atomic E-state index is 13.9. The number of alkyl halides is 1. The molecule has 1 saturated heterocycles. The molecule has 3 atom stereocenters.